The summed E-state index contributed by atoms with van der Waals surface area (Å²) >= 11 is 0. The number of aromatic nitrogens is 1. The van der Waals surface area contributed by atoms with Crippen molar-refractivity contribution < 1.29 is 19.5 Å². The molecule has 1 atom stereocenters. The highest BCUT2D eigenvalue weighted by Gasteiger charge is 2.19. The minimum absolute atomic E-state index is 0.125. The van der Waals surface area contributed by atoms with Gasteiger partial charge in [-0.3, -0.25) is 14.4 Å². The van der Waals surface area contributed by atoms with Crippen LogP contribution in [0.5, 0.6) is 0 Å². The number of nitrogens with one attached hydrogen (secondary N) is 2. The van der Waals surface area contributed by atoms with Crippen molar-refractivity contribution >= 4 is 23.5 Å². The average molecular weight is 385 g/mol. The van der Waals surface area contributed by atoms with Crippen molar-refractivity contribution in [3.05, 3.63) is 64.1 Å². The van der Waals surface area contributed by atoms with Gasteiger partial charge in [-0.2, -0.15) is 0 Å². The molecule has 8 nitrogen and oxygen atoms in total. The molecule has 0 aliphatic rings. The van der Waals surface area contributed by atoms with E-state index in [9.17, 15) is 19.2 Å². The Hall–Kier alpha value is -3.42. The molecule has 0 saturated carbocycles. The van der Waals surface area contributed by atoms with Crippen LogP contribution in [0.3, 0.4) is 0 Å². The quantitative estimate of drug-likeness (QED) is 0.640. The first kappa shape index (κ1) is 20.9. The smallest absolute Gasteiger partial charge is 0.326 e. The van der Waals surface area contributed by atoms with Gasteiger partial charge in [-0.05, 0) is 43.2 Å². The standard InChI is InChI=1S/C20H23N3O5/c1-3-4-16(20(27)28)22-19(26)14-6-8-15(9-7-14)21-17(24)12-23-11-13(2)5-10-18(23)25/h5-11,16H,3-4,12H2,1-2H3,(H,21,24)(H,22,26)(H,27,28). The lowest BCUT2D eigenvalue weighted by atomic mass is 10.1. The number of aliphatic carboxylic acids is 1. The van der Waals surface area contributed by atoms with Gasteiger partial charge in [-0.1, -0.05) is 19.4 Å². The van der Waals surface area contributed by atoms with Crippen LogP contribution in [0.15, 0.2) is 47.4 Å². The molecule has 0 aliphatic carbocycles. The van der Waals surface area contributed by atoms with E-state index < -0.39 is 17.9 Å². The van der Waals surface area contributed by atoms with E-state index in [4.69, 9.17) is 5.11 Å². The predicted molar refractivity (Wildman–Crippen MR) is 104 cm³/mol. The summed E-state index contributed by atoms with van der Waals surface area (Å²) in [6.45, 7) is 3.54. The van der Waals surface area contributed by atoms with Crippen LogP contribution in [0.25, 0.3) is 0 Å². The number of benzene rings is 1. The van der Waals surface area contributed by atoms with Crippen molar-refractivity contribution in [1.82, 2.24) is 9.88 Å². The van der Waals surface area contributed by atoms with Gasteiger partial charge in [-0.15, -0.1) is 0 Å². The fourth-order valence-electron chi connectivity index (χ4n) is 2.62. The van der Waals surface area contributed by atoms with Gasteiger partial charge in [0.1, 0.15) is 12.6 Å². The van der Waals surface area contributed by atoms with Gasteiger partial charge in [0.25, 0.3) is 11.5 Å². The van der Waals surface area contributed by atoms with E-state index in [0.29, 0.717) is 18.5 Å². The van der Waals surface area contributed by atoms with Crippen molar-refractivity contribution in [1.29, 1.82) is 0 Å². The van der Waals surface area contributed by atoms with E-state index in [0.717, 1.165) is 5.56 Å². The molecule has 3 N–H and O–H groups in total. The second-order valence-electron chi connectivity index (χ2n) is 6.45. The minimum Gasteiger partial charge on any atom is -0.480 e. The molecule has 2 aromatic rings. The molecule has 0 spiro atoms. The zero-order valence-corrected chi connectivity index (χ0v) is 15.8. The van der Waals surface area contributed by atoms with Crippen LogP contribution in [-0.4, -0.2) is 33.5 Å². The van der Waals surface area contributed by atoms with Crippen molar-refractivity contribution in [2.45, 2.75) is 39.3 Å². The molecule has 148 valence electrons. The Balaban J connectivity index is 1.99. The van der Waals surface area contributed by atoms with Crippen LogP contribution in [0, 0.1) is 6.92 Å². The number of carbonyl (C=O) groups is 3. The zero-order chi connectivity index (χ0) is 20.7. The molecular formula is C20H23N3O5. The Morgan fingerprint density at radius 1 is 1.11 bits per heavy atom. The van der Waals surface area contributed by atoms with E-state index in [-0.39, 0.29) is 23.6 Å². The number of amides is 2. The number of hydrogen-bond donors (Lipinski definition) is 3. The monoisotopic (exact) mass is 385 g/mol. The summed E-state index contributed by atoms with van der Waals surface area (Å²) in [6, 6.07) is 8.21. The van der Waals surface area contributed by atoms with Crippen LogP contribution in [0.2, 0.25) is 0 Å². The third-order valence-corrected chi connectivity index (χ3v) is 4.06. The SMILES string of the molecule is CCCC(NC(=O)c1ccc(NC(=O)Cn2cc(C)ccc2=O)cc1)C(=O)O. The number of nitrogens with zero attached hydrogens (tertiary/aromatic N) is 1. The first-order valence-corrected chi connectivity index (χ1v) is 8.91. The third kappa shape index (κ3) is 5.80. The number of hydrogen-bond acceptors (Lipinski definition) is 4. The maximum Gasteiger partial charge on any atom is 0.326 e. The van der Waals surface area contributed by atoms with E-state index in [1.165, 1.54) is 22.8 Å². The van der Waals surface area contributed by atoms with Gasteiger partial charge in [0.2, 0.25) is 5.91 Å². The Morgan fingerprint density at radius 3 is 2.39 bits per heavy atom. The summed E-state index contributed by atoms with van der Waals surface area (Å²) in [7, 11) is 0. The number of anilines is 1. The predicted octanol–water partition coefficient (Wildman–Crippen LogP) is 1.78. The normalized spacial score (nSPS) is 11.5. The molecule has 0 fully saturated rings. The van der Waals surface area contributed by atoms with Crippen LogP contribution in [0.4, 0.5) is 5.69 Å². The highest BCUT2D eigenvalue weighted by atomic mass is 16.4. The molecule has 2 amide bonds. The van der Waals surface area contributed by atoms with Gasteiger partial charge in [-0.25, -0.2) is 4.79 Å². The first-order chi connectivity index (χ1) is 13.3. The van der Waals surface area contributed by atoms with Crippen LogP contribution >= 0.6 is 0 Å². The number of carboxylic acids is 1. The lowest BCUT2D eigenvalue weighted by Gasteiger charge is -2.14. The highest BCUT2D eigenvalue weighted by Crippen LogP contribution is 2.10. The third-order valence-electron chi connectivity index (χ3n) is 4.06. The lowest BCUT2D eigenvalue weighted by Crippen LogP contribution is -2.40. The Morgan fingerprint density at radius 2 is 1.79 bits per heavy atom. The summed E-state index contributed by atoms with van der Waals surface area (Å²) in [5, 5.41) is 14.2. The number of pyridine rings is 1. The molecule has 0 radical (unpaired) electrons. The maximum atomic E-state index is 12.2. The van der Waals surface area contributed by atoms with Crippen molar-refractivity contribution in [2.75, 3.05) is 5.32 Å². The molecule has 1 heterocycles. The largest absolute Gasteiger partial charge is 0.480 e. The molecule has 1 aromatic heterocycles. The molecule has 0 aliphatic heterocycles. The number of carboxylic acid groups (broad SMARTS) is 1. The number of rotatable bonds is 8. The summed E-state index contributed by atoms with van der Waals surface area (Å²) in [5.41, 5.74) is 1.35. The molecule has 1 aromatic carbocycles. The van der Waals surface area contributed by atoms with Gasteiger partial charge in [0.15, 0.2) is 0 Å². The van der Waals surface area contributed by atoms with E-state index in [1.54, 1.807) is 24.4 Å². The molecule has 1 unspecified atom stereocenters. The molecule has 0 bridgehead atoms. The maximum absolute atomic E-state index is 12.2. The minimum atomic E-state index is -1.08. The van der Waals surface area contributed by atoms with Gasteiger partial charge in [0, 0.05) is 23.5 Å². The van der Waals surface area contributed by atoms with E-state index >= 15 is 0 Å². The average Bonchev–Trinajstić information content (AvgIpc) is 2.64. The summed E-state index contributed by atoms with van der Waals surface area (Å²) in [6.07, 6.45) is 2.57. The fraction of sp³-hybridized carbons (Fsp3) is 0.300. The van der Waals surface area contributed by atoms with Crippen molar-refractivity contribution in [3.63, 3.8) is 0 Å². The van der Waals surface area contributed by atoms with Crippen molar-refractivity contribution in [2.24, 2.45) is 0 Å². The summed E-state index contributed by atoms with van der Waals surface area (Å²) in [5.74, 6) is -1.95. The fourth-order valence-corrected chi connectivity index (χ4v) is 2.62. The molecule has 28 heavy (non-hydrogen) atoms. The first-order valence-electron chi connectivity index (χ1n) is 8.91. The van der Waals surface area contributed by atoms with E-state index in [2.05, 4.69) is 10.6 Å². The van der Waals surface area contributed by atoms with Crippen LogP contribution in [0.1, 0.15) is 35.7 Å². The molecule has 2 rings (SSSR count). The van der Waals surface area contributed by atoms with Crippen molar-refractivity contribution in [3.8, 4) is 0 Å². The molecular weight excluding hydrogens is 362 g/mol. The van der Waals surface area contributed by atoms with Gasteiger partial charge >= 0.3 is 5.97 Å². The Bertz CT molecular complexity index is 918. The van der Waals surface area contributed by atoms with Gasteiger partial charge < -0.3 is 20.3 Å². The van der Waals surface area contributed by atoms with Gasteiger partial charge in [0.05, 0.1) is 0 Å². The topological polar surface area (TPSA) is 118 Å². The number of aryl methyl sites for hydroxylation is 1. The Kier molecular flexibility index (Phi) is 7.08. The number of carbonyl (C=O) groups excluding carboxylic acids is 2. The molecule has 8 heteroatoms. The molecule has 0 saturated heterocycles. The summed E-state index contributed by atoms with van der Waals surface area (Å²) < 4.78 is 1.31. The zero-order valence-electron chi connectivity index (χ0n) is 15.8. The lowest BCUT2D eigenvalue weighted by molar-refractivity contribution is -0.139. The van der Waals surface area contributed by atoms with Crippen LogP contribution < -0.4 is 16.2 Å². The Labute approximate surface area is 162 Å². The van der Waals surface area contributed by atoms with E-state index in [1.807, 2.05) is 13.8 Å². The second kappa shape index (κ2) is 9.50. The highest BCUT2D eigenvalue weighted by molar-refractivity contribution is 5.97. The second-order valence-corrected chi connectivity index (χ2v) is 6.45. The summed E-state index contributed by atoms with van der Waals surface area (Å²) in [4.78, 5) is 47.2. The van der Waals surface area contributed by atoms with Crippen LogP contribution in [-0.2, 0) is 16.1 Å².